The monoisotopic (exact) mass is 288 g/mol. The van der Waals surface area contributed by atoms with E-state index in [0.717, 1.165) is 12.3 Å². The molecule has 0 saturated carbocycles. The van der Waals surface area contributed by atoms with Crippen molar-refractivity contribution in [1.82, 2.24) is 9.55 Å². The topological polar surface area (TPSA) is 139 Å². The van der Waals surface area contributed by atoms with Crippen LogP contribution in [0.5, 0.6) is 0 Å². The number of nitrogen functional groups attached to an aromatic ring is 1. The Morgan fingerprint density at radius 3 is 3.00 bits per heavy atom. The standard InChI is InChI=1S/C9H10F2N6O3/c10-9(11)3-8(4-18,15-16-13)20-6(9)17-2-1-5(12)14-7(17)19/h1-2,6,18H,3-4H2,(H2,12,14,19)/t6-,8+/m1/s1. The van der Waals surface area contributed by atoms with Gasteiger partial charge in [0.15, 0.2) is 5.72 Å². The van der Waals surface area contributed by atoms with Gasteiger partial charge in [-0.25, -0.2) is 13.6 Å². The van der Waals surface area contributed by atoms with Gasteiger partial charge >= 0.3 is 5.69 Å². The van der Waals surface area contributed by atoms with Crippen molar-refractivity contribution < 1.29 is 18.6 Å². The number of halogens is 2. The first-order valence-corrected chi connectivity index (χ1v) is 5.41. The van der Waals surface area contributed by atoms with Crippen LogP contribution in [0.2, 0.25) is 0 Å². The second kappa shape index (κ2) is 4.71. The van der Waals surface area contributed by atoms with Gasteiger partial charge in [-0.3, -0.25) is 4.57 Å². The molecule has 1 aliphatic heterocycles. The Labute approximate surface area is 110 Å². The molecule has 1 aliphatic rings. The van der Waals surface area contributed by atoms with Crippen molar-refractivity contribution in [3.8, 4) is 0 Å². The first kappa shape index (κ1) is 14.2. The summed E-state index contributed by atoms with van der Waals surface area (Å²) in [6.45, 7) is -0.944. The molecule has 0 spiro atoms. The van der Waals surface area contributed by atoms with Gasteiger partial charge in [0.1, 0.15) is 5.82 Å². The molecule has 0 aromatic carbocycles. The zero-order valence-electron chi connectivity index (χ0n) is 9.98. The highest BCUT2D eigenvalue weighted by Crippen LogP contribution is 2.47. The molecule has 2 rings (SSSR count). The fourth-order valence-corrected chi connectivity index (χ4v) is 1.92. The Kier molecular flexibility index (Phi) is 3.34. The number of aliphatic hydroxyl groups excluding tert-OH is 1. The summed E-state index contributed by atoms with van der Waals surface area (Å²) < 4.78 is 33.3. The predicted octanol–water partition coefficient (Wildman–Crippen LogP) is 0.379. The van der Waals surface area contributed by atoms with Gasteiger partial charge in [0.2, 0.25) is 6.23 Å². The molecule has 0 unspecified atom stereocenters. The van der Waals surface area contributed by atoms with E-state index >= 15 is 0 Å². The minimum absolute atomic E-state index is 0.129. The molecule has 0 aliphatic carbocycles. The lowest BCUT2D eigenvalue weighted by molar-refractivity contribution is -0.142. The maximum Gasteiger partial charge on any atom is 0.351 e. The molecular formula is C9H10F2N6O3. The molecule has 1 aromatic rings. The summed E-state index contributed by atoms with van der Waals surface area (Å²) in [5.74, 6) is -3.66. The molecule has 20 heavy (non-hydrogen) atoms. The van der Waals surface area contributed by atoms with E-state index in [-0.39, 0.29) is 5.82 Å². The number of rotatable bonds is 3. The SMILES string of the molecule is [N-]=[N+]=N[C@@]1(CO)CC(F)(F)[C@H](n2ccc(N)nc2=O)O1. The van der Waals surface area contributed by atoms with Gasteiger partial charge in [0.25, 0.3) is 5.92 Å². The molecule has 108 valence electrons. The normalized spacial score (nSPS) is 28.1. The van der Waals surface area contributed by atoms with Gasteiger partial charge in [-0.05, 0) is 11.6 Å². The Morgan fingerprint density at radius 2 is 2.45 bits per heavy atom. The number of anilines is 1. The van der Waals surface area contributed by atoms with Crippen LogP contribution in [0, 0.1) is 0 Å². The van der Waals surface area contributed by atoms with Gasteiger partial charge in [-0.15, -0.1) is 0 Å². The number of azide groups is 1. The van der Waals surface area contributed by atoms with Crippen LogP contribution in [0.3, 0.4) is 0 Å². The second-order valence-corrected chi connectivity index (χ2v) is 4.24. The number of nitrogens with two attached hydrogens (primary N) is 1. The van der Waals surface area contributed by atoms with E-state index in [9.17, 15) is 13.6 Å². The summed E-state index contributed by atoms with van der Waals surface area (Å²) in [4.78, 5) is 17.2. The quantitative estimate of drug-likeness (QED) is 0.470. The lowest BCUT2D eigenvalue weighted by Crippen LogP contribution is -2.35. The summed E-state index contributed by atoms with van der Waals surface area (Å²) in [5, 5.41) is 12.2. The van der Waals surface area contributed by atoms with E-state index in [2.05, 4.69) is 15.0 Å². The van der Waals surface area contributed by atoms with Crippen LogP contribution in [0.4, 0.5) is 14.6 Å². The minimum Gasteiger partial charge on any atom is -0.393 e. The summed E-state index contributed by atoms with van der Waals surface area (Å²) in [5.41, 5.74) is 10.5. The van der Waals surface area contributed by atoms with Crippen molar-refractivity contribution in [1.29, 1.82) is 0 Å². The molecule has 0 radical (unpaired) electrons. The molecule has 3 N–H and O–H groups in total. The van der Waals surface area contributed by atoms with Gasteiger partial charge in [-0.1, -0.05) is 5.11 Å². The van der Waals surface area contributed by atoms with Crippen LogP contribution < -0.4 is 11.4 Å². The maximum atomic E-state index is 13.9. The zero-order valence-corrected chi connectivity index (χ0v) is 9.98. The summed E-state index contributed by atoms with van der Waals surface area (Å²) in [6.07, 6.45) is -2.10. The number of aliphatic hydroxyl groups is 1. The molecule has 0 amide bonds. The van der Waals surface area contributed by atoms with E-state index in [0.29, 0.717) is 4.57 Å². The van der Waals surface area contributed by atoms with Crippen molar-refractivity contribution in [2.24, 2.45) is 5.11 Å². The average molecular weight is 288 g/mol. The Hall–Kier alpha value is -2.23. The number of aromatic nitrogens is 2. The van der Waals surface area contributed by atoms with E-state index in [1.807, 2.05) is 0 Å². The van der Waals surface area contributed by atoms with Crippen LogP contribution in [-0.4, -0.2) is 32.9 Å². The first-order chi connectivity index (χ1) is 9.33. The molecule has 1 saturated heterocycles. The number of hydrogen-bond acceptors (Lipinski definition) is 6. The predicted molar refractivity (Wildman–Crippen MR) is 61.6 cm³/mol. The molecule has 1 aromatic heterocycles. The molecule has 1 fully saturated rings. The third-order valence-corrected chi connectivity index (χ3v) is 2.78. The Balaban J connectivity index is 2.47. The number of nitrogens with zero attached hydrogens (tertiary/aromatic N) is 5. The van der Waals surface area contributed by atoms with Gasteiger partial charge in [-0.2, -0.15) is 4.98 Å². The van der Waals surface area contributed by atoms with Crippen LogP contribution in [0.25, 0.3) is 10.4 Å². The number of hydrogen-bond donors (Lipinski definition) is 2. The van der Waals surface area contributed by atoms with Gasteiger partial charge < -0.3 is 15.6 Å². The fourth-order valence-electron chi connectivity index (χ4n) is 1.92. The van der Waals surface area contributed by atoms with Crippen LogP contribution >= 0.6 is 0 Å². The van der Waals surface area contributed by atoms with Crippen LogP contribution in [-0.2, 0) is 4.74 Å². The summed E-state index contributed by atoms with van der Waals surface area (Å²) in [7, 11) is 0. The maximum absolute atomic E-state index is 13.9. The minimum atomic E-state index is -3.53. The van der Waals surface area contributed by atoms with E-state index < -0.39 is 36.6 Å². The second-order valence-electron chi connectivity index (χ2n) is 4.24. The molecule has 2 atom stereocenters. The lowest BCUT2D eigenvalue weighted by atomic mass is 10.1. The third-order valence-electron chi connectivity index (χ3n) is 2.78. The molecule has 0 bridgehead atoms. The average Bonchev–Trinajstić information content (AvgIpc) is 2.62. The van der Waals surface area contributed by atoms with Crippen molar-refractivity contribution in [3.05, 3.63) is 33.2 Å². The zero-order chi connectivity index (χ0) is 15.0. The van der Waals surface area contributed by atoms with Crippen LogP contribution in [0.15, 0.2) is 22.2 Å². The van der Waals surface area contributed by atoms with Crippen molar-refractivity contribution in [3.63, 3.8) is 0 Å². The first-order valence-electron chi connectivity index (χ1n) is 5.41. The fraction of sp³-hybridized carbons (Fsp3) is 0.556. The smallest absolute Gasteiger partial charge is 0.351 e. The molecular weight excluding hydrogens is 278 g/mol. The van der Waals surface area contributed by atoms with Crippen molar-refractivity contribution >= 4 is 5.82 Å². The highest BCUT2D eigenvalue weighted by molar-refractivity contribution is 5.23. The summed E-state index contributed by atoms with van der Waals surface area (Å²) in [6, 6.07) is 1.15. The van der Waals surface area contributed by atoms with Gasteiger partial charge in [0.05, 0.1) is 13.0 Å². The van der Waals surface area contributed by atoms with E-state index in [1.165, 1.54) is 0 Å². The highest BCUT2D eigenvalue weighted by atomic mass is 19.3. The lowest BCUT2D eigenvalue weighted by Gasteiger charge is -2.21. The molecule has 9 nitrogen and oxygen atoms in total. The highest BCUT2D eigenvalue weighted by Gasteiger charge is 2.59. The van der Waals surface area contributed by atoms with E-state index in [4.69, 9.17) is 21.1 Å². The molecule has 11 heteroatoms. The third kappa shape index (κ3) is 2.29. The Bertz CT molecular complexity index is 628. The molecule has 2 heterocycles. The van der Waals surface area contributed by atoms with E-state index in [1.54, 1.807) is 0 Å². The van der Waals surface area contributed by atoms with Crippen LogP contribution in [0.1, 0.15) is 12.6 Å². The van der Waals surface area contributed by atoms with Gasteiger partial charge in [0, 0.05) is 11.1 Å². The summed E-state index contributed by atoms with van der Waals surface area (Å²) >= 11 is 0. The number of ether oxygens (including phenoxy) is 1. The van der Waals surface area contributed by atoms with Crippen molar-refractivity contribution in [2.45, 2.75) is 24.3 Å². The van der Waals surface area contributed by atoms with Crippen molar-refractivity contribution in [2.75, 3.05) is 12.3 Å². The number of alkyl halides is 2. The largest absolute Gasteiger partial charge is 0.393 e. The Morgan fingerprint density at radius 1 is 1.75 bits per heavy atom.